The first-order valence-corrected chi connectivity index (χ1v) is 17.8. The highest BCUT2D eigenvalue weighted by Crippen LogP contribution is 2.46. The Balaban J connectivity index is 1.08. The van der Waals surface area contributed by atoms with E-state index in [9.17, 15) is 0 Å². The van der Waals surface area contributed by atoms with Gasteiger partial charge in [0.05, 0.1) is 16.8 Å². The standard InChI is InChI=1S/C50H33NO/c1-2-12-37(13-3-1)44-15-6-8-17-46(44)51(47-18-10-20-49-50(47)45-16-7-9-19-48(45)52-49)43-30-29-41-32-40(27-28-42(41)33-43)36-23-21-35(22-24-36)39-26-25-34-11-4-5-14-38(34)31-39/h1-33H. The van der Waals surface area contributed by atoms with Gasteiger partial charge in [-0.05, 0) is 97.9 Å². The fourth-order valence-corrected chi connectivity index (χ4v) is 7.66. The fourth-order valence-electron chi connectivity index (χ4n) is 7.66. The van der Waals surface area contributed by atoms with E-state index in [0.717, 1.165) is 44.6 Å². The summed E-state index contributed by atoms with van der Waals surface area (Å²) in [5, 5.41) is 7.10. The first kappa shape index (κ1) is 30.0. The monoisotopic (exact) mass is 663 g/mol. The van der Waals surface area contributed by atoms with Crippen LogP contribution >= 0.6 is 0 Å². The summed E-state index contributed by atoms with van der Waals surface area (Å²) in [6, 6.07) is 71.7. The second-order valence-electron chi connectivity index (χ2n) is 13.4. The molecule has 0 unspecified atom stereocenters. The number of para-hydroxylation sites is 2. The van der Waals surface area contributed by atoms with Gasteiger partial charge in [0, 0.05) is 16.6 Å². The van der Waals surface area contributed by atoms with Crippen molar-refractivity contribution in [1.82, 2.24) is 0 Å². The van der Waals surface area contributed by atoms with Crippen LogP contribution in [0.15, 0.2) is 205 Å². The van der Waals surface area contributed by atoms with E-state index in [1.165, 1.54) is 49.4 Å². The Labute approximate surface area is 302 Å². The normalized spacial score (nSPS) is 11.5. The molecule has 2 heteroatoms. The molecular weight excluding hydrogens is 631 g/mol. The zero-order valence-corrected chi connectivity index (χ0v) is 28.4. The molecule has 0 saturated heterocycles. The summed E-state index contributed by atoms with van der Waals surface area (Å²) in [6.07, 6.45) is 0. The zero-order chi connectivity index (χ0) is 34.4. The quantitative estimate of drug-likeness (QED) is 0.176. The molecule has 1 aromatic heterocycles. The molecule has 0 aliphatic carbocycles. The van der Waals surface area contributed by atoms with Gasteiger partial charge in [-0.25, -0.2) is 0 Å². The van der Waals surface area contributed by atoms with Crippen molar-refractivity contribution in [3.8, 4) is 33.4 Å². The van der Waals surface area contributed by atoms with Crippen LogP contribution in [0.2, 0.25) is 0 Å². The van der Waals surface area contributed by atoms with Crippen molar-refractivity contribution in [2.24, 2.45) is 0 Å². The van der Waals surface area contributed by atoms with Crippen molar-refractivity contribution in [3.05, 3.63) is 200 Å². The summed E-state index contributed by atoms with van der Waals surface area (Å²) in [5.74, 6) is 0. The van der Waals surface area contributed by atoms with Crippen molar-refractivity contribution in [3.63, 3.8) is 0 Å². The SMILES string of the molecule is c1ccc(-c2ccccc2N(c2ccc3cc(-c4ccc(-c5ccc6ccccc6c5)cc4)ccc3c2)c2cccc3oc4ccccc4c23)cc1. The lowest BCUT2D eigenvalue weighted by Crippen LogP contribution is -2.11. The summed E-state index contributed by atoms with van der Waals surface area (Å²) in [5.41, 5.74) is 12.2. The number of fused-ring (bicyclic) bond motifs is 5. The van der Waals surface area contributed by atoms with Crippen molar-refractivity contribution in [1.29, 1.82) is 0 Å². The van der Waals surface area contributed by atoms with Gasteiger partial charge in [-0.15, -0.1) is 0 Å². The maximum absolute atomic E-state index is 6.38. The lowest BCUT2D eigenvalue weighted by molar-refractivity contribution is 0.669. The molecule has 0 spiro atoms. The molecule has 2 nitrogen and oxygen atoms in total. The molecule has 0 aliphatic heterocycles. The van der Waals surface area contributed by atoms with E-state index in [-0.39, 0.29) is 0 Å². The van der Waals surface area contributed by atoms with Gasteiger partial charge in [-0.1, -0.05) is 152 Å². The predicted octanol–water partition coefficient (Wildman–Crippen LogP) is 14.4. The van der Waals surface area contributed by atoms with Gasteiger partial charge in [0.25, 0.3) is 0 Å². The molecule has 0 N–H and O–H groups in total. The smallest absolute Gasteiger partial charge is 0.137 e. The number of nitrogens with zero attached hydrogens (tertiary/aromatic N) is 1. The largest absolute Gasteiger partial charge is 0.456 e. The Morgan fingerprint density at radius 2 is 0.885 bits per heavy atom. The van der Waals surface area contributed by atoms with Crippen molar-refractivity contribution < 1.29 is 4.42 Å². The number of hydrogen-bond acceptors (Lipinski definition) is 2. The van der Waals surface area contributed by atoms with E-state index in [1.807, 2.05) is 12.1 Å². The van der Waals surface area contributed by atoms with Gasteiger partial charge in [-0.2, -0.15) is 0 Å². The van der Waals surface area contributed by atoms with E-state index in [2.05, 4.69) is 193 Å². The highest BCUT2D eigenvalue weighted by molar-refractivity contribution is 6.14. The summed E-state index contributed by atoms with van der Waals surface area (Å²) in [4.78, 5) is 2.39. The van der Waals surface area contributed by atoms with Crippen molar-refractivity contribution >= 4 is 60.5 Å². The summed E-state index contributed by atoms with van der Waals surface area (Å²) < 4.78 is 6.38. The van der Waals surface area contributed by atoms with Gasteiger partial charge < -0.3 is 9.32 Å². The Morgan fingerprint density at radius 1 is 0.327 bits per heavy atom. The zero-order valence-electron chi connectivity index (χ0n) is 28.4. The maximum Gasteiger partial charge on any atom is 0.137 e. The third-order valence-electron chi connectivity index (χ3n) is 10.2. The maximum atomic E-state index is 6.38. The van der Waals surface area contributed by atoms with Crippen LogP contribution in [0.4, 0.5) is 17.1 Å². The molecule has 9 aromatic carbocycles. The fraction of sp³-hybridized carbons (Fsp3) is 0. The van der Waals surface area contributed by atoms with Crippen LogP contribution in [0.25, 0.3) is 76.9 Å². The van der Waals surface area contributed by atoms with Crippen LogP contribution in [0.1, 0.15) is 0 Å². The van der Waals surface area contributed by atoms with Crippen LogP contribution in [-0.4, -0.2) is 0 Å². The van der Waals surface area contributed by atoms with Crippen LogP contribution in [-0.2, 0) is 0 Å². The van der Waals surface area contributed by atoms with Crippen molar-refractivity contribution in [2.75, 3.05) is 4.90 Å². The molecule has 0 saturated carbocycles. The van der Waals surface area contributed by atoms with Gasteiger partial charge in [0.15, 0.2) is 0 Å². The van der Waals surface area contributed by atoms with Crippen LogP contribution < -0.4 is 4.90 Å². The van der Waals surface area contributed by atoms with Gasteiger partial charge in [0.1, 0.15) is 11.2 Å². The third-order valence-corrected chi connectivity index (χ3v) is 10.2. The Hall–Kier alpha value is -6.90. The highest BCUT2D eigenvalue weighted by Gasteiger charge is 2.22. The van der Waals surface area contributed by atoms with Gasteiger partial charge in [-0.3, -0.25) is 0 Å². The molecule has 0 radical (unpaired) electrons. The van der Waals surface area contributed by atoms with E-state index in [0.29, 0.717) is 0 Å². The Kier molecular flexibility index (Phi) is 7.18. The minimum Gasteiger partial charge on any atom is -0.456 e. The van der Waals surface area contributed by atoms with Gasteiger partial charge in [0.2, 0.25) is 0 Å². The number of anilines is 3. The number of hydrogen-bond donors (Lipinski definition) is 0. The highest BCUT2D eigenvalue weighted by atomic mass is 16.3. The molecule has 0 aliphatic rings. The van der Waals surface area contributed by atoms with Crippen LogP contribution in [0.5, 0.6) is 0 Å². The van der Waals surface area contributed by atoms with E-state index < -0.39 is 0 Å². The number of furan rings is 1. The van der Waals surface area contributed by atoms with Crippen LogP contribution in [0, 0.1) is 0 Å². The first-order chi connectivity index (χ1) is 25.8. The van der Waals surface area contributed by atoms with E-state index >= 15 is 0 Å². The topological polar surface area (TPSA) is 16.4 Å². The molecule has 0 atom stereocenters. The molecule has 244 valence electrons. The molecule has 1 heterocycles. The average Bonchev–Trinajstić information content (AvgIpc) is 3.61. The second-order valence-corrected chi connectivity index (χ2v) is 13.4. The van der Waals surface area contributed by atoms with Gasteiger partial charge >= 0.3 is 0 Å². The predicted molar refractivity (Wildman–Crippen MR) is 220 cm³/mol. The second kappa shape index (κ2) is 12.5. The Bertz CT molecular complexity index is 2900. The molecular formula is C50H33NO. The van der Waals surface area contributed by atoms with Crippen LogP contribution in [0.3, 0.4) is 0 Å². The number of benzene rings is 9. The molecule has 0 fully saturated rings. The summed E-state index contributed by atoms with van der Waals surface area (Å²) in [6.45, 7) is 0. The third kappa shape index (κ3) is 5.21. The first-order valence-electron chi connectivity index (χ1n) is 17.8. The molecule has 10 rings (SSSR count). The van der Waals surface area contributed by atoms with E-state index in [1.54, 1.807) is 0 Å². The number of rotatable bonds is 6. The molecule has 52 heavy (non-hydrogen) atoms. The molecule has 10 aromatic rings. The minimum atomic E-state index is 0.873. The summed E-state index contributed by atoms with van der Waals surface area (Å²) in [7, 11) is 0. The lowest BCUT2D eigenvalue weighted by atomic mass is 9.96. The van der Waals surface area contributed by atoms with E-state index in [4.69, 9.17) is 4.42 Å². The lowest BCUT2D eigenvalue weighted by Gasteiger charge is -2.29. The molecule has 0 amide bonds. The summed E-state index contributed by atoms with van der Waals surface area (Å²) >= 11 is 0. The average molecular weight is 664 g/mol. The Morgan fingerprint density at radius 3 is 1.69 bits per heavy atom. The van der Waals surface area contributed by atoms with Crippen molar-refractivity contribution in [2.45, 2.75) is 0 Å². The minimum absolute atomic E-state index is 0.873. The molecule has 0 bridgehead atoms.